The number of hydrogen-bond donors (Lipinski definition) is 1. The van der Waals surface area contributed by atoms with E-state index >= 15 is 0 Å². The Labute approximate surface area is 163 Å². The molecule has 3 aromatic rings. The number of amides is 2. The highest BCUT2D eigenvalue weighted by atomic mass is 16.2. The van der Waals surface area contributed by atoms with Crippen molar-refractivity contribution >= 4 is 23.0 Å². The second-order valence-electron chi connectivity index (χ2n) is 7.21. The lowest BCUT2D eigenvalue weighted by Gasteiger charge is -2.16. The van der Waals surface area contributed by atoms with E-state index in [0.717, 1.165) is 12.1 Å². The molecule has 0 spiro atoms. The molecule has 7 heteroatoms. The molecule has 1 aliphatic heterocycles. The van der Waals surface area contributed by atoms with Gasteiger partial charge in [-0.1, -0.05) is 30.3 Å². The van der Waals surface area contributed by atoms with Gasteiger partial charge in [-0.15, -0.1) is 0 Å². The highest BCUT2D eigenvalue weighted by Crippen LogP contribution is 2.22. The number of aromatic nitrogens is 3. The van der Waals surface area contributed by atoms with Gasteiger partial charge >= 0.3 is 0 Å². The van der Waals surface area contributed by atoms with E-state index in [2.05, 4.69) is 27.4 Å². The molecular weight excluding hydrogens is 354 g/mol. The van der Waals surface area contributed by atoms with E-state index < -0.39 is 0 Å². The van der Waals surface area contributed by atoms with Crippen LogP contribution in [0, 0.1) is 5.92 Å². The number of hydrogen-bond acceptors (Lipinski definition) is 4. The third-order valence-corrected chi connectivity index (χ3v) is 5.22. The molecule has 1 unspecified atom stereocenters. The fraction of sp³-hybridized carbons (Fsp3) is 0.333. The number of nitrogens with one attached hydrogen (secondary N) is 1. The second-order valence-corrected chi connectivity index (χ2v) is 7.21. The Morgan fingerprint density at radius 2 is 2.04 bits per heavy atom. The van der Waals surface area contributed by atoms with Gasteiger partial charge in [0.2, 0.25) is 5.91 Å². The third kappa shape index (κ3) is 3.74. The van der Waals surface area contributed by atoms with Gasteiger partial charge in [-0.3, -0.25) is 9.59 Å². The largest absolute Gasteiger partial charge is 0.359 e. The summed E-state index contributed by atoms with van der Waals surface area (Å²) >= 11 is 0. The van der Waals surface area contributed by atoms with Crippen LogP contribution >= 0.6 is 0 Å². The van der Waals surface area contributed by atoms with Gasteiger partial charge < -0.3 is 14.8 Å². The lowest BCUT2D eigenvalue weighted by Crippen LogP contribution is -2.29. The second kappa shape index (κ2) is 7.80. The molecule has 0 radical (unpaired) electrons. The van der Waals surface area contributed by atoms with Crippen LogP contribution in [0.3, 0.4) is 0 Å². The van der Waals surface area contributed by atoms with Crippen molar-refractivity contribution in [3.8, 4) is 0 Å². The Bertz CT molecular complexity index is 998. The van der Waals surface area contributed by atoms with Crippen LogP contribution in [0.5, 0.6) is 0 Å². The van der Waals surface area contributed by atoms with E-state index in [0.29, 0.717) is 37.1 Å². The summed E-state index contributed by atoms with van der Waals surface area (Å²) < 4.78 is 1.98. The number of benzene rings is 1. The zero-order valence-corrected chi connectivity index (χ0v) is 15.8. The van der Waals surface area contributed by atoms with Gasteiger partial charge in [-0.2, -0.15) is 0 Å². The maximum Gasteiger partial charge on any atom is 0.255 e. The quantitative estimate of drug-likeness (QED) is 0.738. The molecule has 0 bridgehead atoms. The molecule has 28 heavy (non-hydrogen) atoms. The van der Waals surface area contributed by atoms with Crippen LogP contribution in [0.1, 0.15) is 28.8 Å². The number of nitrogens with zero attached hydrogens (tertiary/aromatic N) is 4. The average Bonchev–Trinajstić information content (AvgIpc) is 3.35. The molecule has 0 aliphatic carbocycles. The maximum absolute atomic E-state index is 12.8. The van der Waals surface area contributed by atoms with Crippen LogP contribution in [0.15, 0.2) is 48.9 Å². The number of fused-ring (bicyclic) bond motifs is 1. The van der Waals surface area contributed by atoms with E-state index in [1.54, 1.807) is 30.5 Å². The average molecular weight is 377 g/mol. The Hall–Kier alpha value is -3.22. The van der Waals surface area contributed by atoms with Gasteiger partial charge in [0.1, 0.15) is 5.52 Å². The minimum absolute atomic E-state index is 0.0198. The van der Waals surface area contributed by atoms with E-state index in [1.807, 2.05) is 22.8 Å². The first-order valence-corrected chi connectivity index (χ1v) is 9.48. The number of pyridine rings is 1. The zero-order valence-electron chi connectivity index (χ0n) is 15.8. The smallest absolute Gasteiger partial charge is 0.255 e. The molecular formula is C21H23N5O2. The standard InChI is InChI=1S/C21H23N5O2/c1-22-19(27)9-16-7-8-25(13-16)21(28)17-10-18-20(23-11-17)26(14-24-18)12-15-5-3-2-4-6-15/h2-6,10-11,14,16H,7-9,12-13H2,1H3,(H,22,27). The summed E-state index contributed by atoms with van der Waals surface area (Å²) in [6.45, 7) is 1.96. The number of likely N-dealkylation sites (tertiary alicyclic amines) is 1. The summed E-state index contributed by atoms with van der Waals surface area (Å²) in [6.07, 6.45) is 4.69. The molecule has 1 N–H and O–H groups in total. The molecule has 1 aromatic carbocycles. The highest BCUT2D eigenvalue weighted by Gasteiger charge is 2.28. The first kappa shape index (κ1) is 18.2. The summed E-state index contributed by atoms with van der Waals surface area (Å²) in [6, 6.07) is 11.9. The number of imidazole rings is 1. The van der Waals surface area contributed by atoms with Crippen LogP contribution in [-0.2, 0) is 11.3 Å². The van der Waals surface area contributed by atoms with Crippen LogP contribution in [0.2, 0.25) is 0 Å². The van der Waals surface area contributed by atoms with E-state index in [-0.39, 0.29) is 17.7 Å². The summed E-state index contributed by atoms with van der Waals surface area (Å²) in [5, 5.41) is 2.64. The van der Waals surface area contributed by atoms with E-state index in [1.165, 1.54) is 5.56 Å². The number of rotatable bonds is 5. The molecule has 3 heterocycles. The van der Waals surface area contributed by atoms with E-state index in [9.17, 15) is 9.59 Å². The Kier molecular flexibility index (Phi) is 5.06. The van der Waals surface area contributed by atoms with Crippen molar-refractivity contribution in [2.45, 2.75) is 19.4 Å². The SMILES string of the molecule is CNC(=O)CC1CCN(C(=O)c2cnc3c(c2)ncn3Cc2ccccc2)C1. The minimum Gasteiger partial charge on any atom is -0.359 e. The van der Waals surface area contributed by atoms with Crippen molar-refractivity contribution in [2.75, 3.05) is 20.1 Å². The van der Waals surface area contributed by atoms with Crippen LogP contribution in [0.4, 0.5) is 0 Å². The predicted octanol–water partition coefficient (Wildman–Crippen LogP) is 2.08. The number of carbonyl (C=O) groups is 2. The Morgan fingerprint density at radius 3 is 2.82 bits per heavy atom. The first-order valence-electron chi connectivity index (χ1n) is 9.48. The Morgan fingerprint density at radius 1 is 1.21 bits per heavy atom. The lowest BCUT2D eigenvalue weighted by atomic mass is 10.0. The van der Waals surface area contributed by atoms with Gasteiger partial charge in [0.25, 0.3) is 5.91 Å². The molecule has 1 fully saturated rings. The monoisotopic (exact) mass is 377 g/mol. The molecule has 1 saturated heterocycles. The van der Waals surface area contributed by atoms with Crippen LogP contribution in [-0.4, -0.2) is 51.4 Å². The molecule has 2 aromatic heterocycles. The lowest BCUT2D eigenvalue weighted by molar-refractivity contribution is -0.121. The molecule has 144 valence electrons. The fourth-order valence-electron chi connectivity index (χ4n) is 3.69. The van der Waals surface area contributed by atoms with E-state index in [4.69, 9.17) is 0 Å². The molecule has 7 nitrogen and oxygen atoms in total. The Balaban J connectivity index is 1.48. The van der Waals surface area contributed by atoms with Crippen LogP contribution in [0.25, 0.3) is 11.2 Å². The summed E-state index contributed by atoms with van der Waals surface area (Å²) in [5.41, 5.74) is 3.18. The zero-order chi connectivity index (χ0) is 19.5. The predicted molar refractivity (Wildman–Crippen MR) is 106 cm³/mol. The first-order chi connectivity index (χ1) is 13.6. The molecule has 0 saturated carbocycles. The summed E-state index contributed by atoms with van der Waals surface area (Å²) in [5.74, 6) is 0.184. The van der Waals surface area contributed by atoms with Crippen molar-refractivity contribution < 1.29 is 9.59 Å². The van der Waals surface area contributed by atoms with Crippen molar-refractivity contribution in [2.24, 2.45) is 5.92 Å². The van der Waals surface area contributed by atoms with Crippen LogP contribution < -0.4 is 5.32 Å². The van der Waals surface area contributed by atoms with Crippen molar-refractivity contribution in [3.63, 3.8) is 0 Å². The van der Waals surface area contributed by atoms with Gasteiger partial charge in [0, 0.05) is 32.8 Å². The van der Waals surface area contributed by atoms with Gasteiger partial charge in [0.05, 0.1) is 18.4 Å². The maximum atomic E-state index is 12.8. The summed E-state index contributed by atoms with van der Waals surface area (Å²) in [7, 11) is 1.64. The van der Waals surface area contributed by atoms with Crippen molar-refractivity contribution in [3.05, 3.63) is 60.0 Å². The molecule has 4 rings (SSSR count). The third-order valence-electron chi connectivity index (χ3n) is 5.22. The minimum atomic E-state index is -0.0496. The topological polar surface area (TPSA) is 80.1 Å². The van der Waals surface area contributed by atoms with Gasteiger partial charge in [0.15, 0.2) is 5.65 Å². The number of carbonyl (C=O) groups excluding carboxylic acids is 2. The van der Waals surface area contributed by atoms with Crippen molar-refractivity contribution in [1.29, 1.82) is 0 Å². The summed E-state index contributed by atoms with van der Waals surface area (Å²) in [4.78, 5) is 35.1. The highest BCUT2D eigenvalue weighted by molar-refractivity contribution is 5.96. The normalized spacial score (nSPS) is 16.5. The van der Waals surface area contributed by atoms with Gasteiger partial charge in [-0.05, 0) is 24.0 Å². The van der Waals surface area contributed by atoms with Crippen molar-refractivity contribution in [1.82, 2.24) is 24.8 Å². The van der Waals surface area contributed by atoms with Gasteiger partial charge in [-0.25, -0.2) is 9.97 Å². The fourth-order valence-corrected chi connectivity index (χ4v) is 3.69. The molecule has 1 atom stereocenters. The molecule has 1 aliphatic rings. The molecule has 2 amide bonds.